The van der Waals surface area contributed by atoms with Crippen molar-refractivity contribution in [2.24, 2.45) is 0 Å². The Morgan fingerprint density at radius 3 is 2.71 bits per heavy atom. The lowest BCUT2D eigenvalue weighted by molar-refractivity contribution is -0.130. The van der Waals surface area contributed by atoms with Gasteiger partial charge in [0.25, 0.3) is 5.91 Å². The first-order chi connectivity index (χ1) is 11.5. The van der Waals surface area contributed by atoms with Gasteiger partial charge >= 0.3 is 0 Å². The molecule has 0 aliphatic heterocycles. The lowest BCUT2D eigenvalue weighted by Crippen LogP contribution is -2.42. The zero-order chi connectivity index (χ0) is 17.5. The Morgan fingerprint density at radius 2 is 2.04 bits per heavy atom. The lowest BCUT2D eigenvalue weighted by atomic mass is 10.3. The Hall–Kier alpha value is -2.18. The second-order valence-corrected chi connectivity index (χ2v) is 5.75. The molecule has 0 aliphatic carbocycles. The molecule has 0 bridgehead atoms. The van der Waals surface area contributed by atoms with E-state index in [0.717, 1.165) is 0 Å². The minimum Gasteiger partial charge on any atom is -0.479 e. The first-order valence-electron chi connectivity index (χ1n) is 7.14. The van der Waals surface area contributed by atoms with Crippen LogP contribution in [0.25, 0.3) is 0 Å². The minimum atomic E-state index is -0.818. The molecule has 2 amide bonds. The van der Waals surface area contributed by atoms with Gasteiger partial charge in [0.2, 0.25) is 5.91 Å². The normalized spacial score (nSPS) is 11.6. The van der Waals surface area contributed by atoms with Crippen LogP contribution in [0.5, 0.6) is 5.75 Å². The van der Waals surface area contributed by atoms with Crippen molar-refractivity contribution < 1.29 is 18.7 Å². The van der Waals surface area contributed by atoms with E-state index in [1.807, 2.05) is 0 Å². The van der Waals surface area contributed by atoms with E-state index in [4.69, 9.17) is 32.4 Å². The number of amides is 2. The summed E-state index contributed by atoms with van der Waals surface area (Å²) < 4.78 is 10.6. The van der Waals surface area contributed by atoms with E-state index in [-0.39, 0.29) is 19.0 Å². The van der Waals surface area contributed by atoms with E-state index in [0.29, 0.717) is 21.6 Å². The number of rotatable bonds is 7. The number of hydrogen-bond donors (Lipinski definition) is 2. The predicted molar refractivity (Wildman–Crippen MR) is 90.1 cm³/mol. The van der Waals surface area contributed by atoms with Crippen molar-refractivity contribution in [3.8, 4) is 5.75 Å². The van der Waals surface area contributed by atoms with E-state index in [9.17, 15) is 9.59 Å². The second-order valence-electron chi connectivity index (χ2n) is 4.91. The summed E-state index contributed by atoms with van der Waals surface area (Å²) in [6.07, 6.45) is 0.700. The van der Waals surface area contributed by atoms with Crippen LogP contribution in [-0.2, 0) is 16.1 Å². The Kier molecular flexibility index (Phi) is 6.52. The monoisotopic (exact) mass is 370 g/mol. The molecule has 1 unspecified atom stereocenters. The van der Waals surface area contributed by atoms with Crippen LogP contribution in [0.4, 0.5) is 0 Å². The molecule has 0 spiro atoms. The lowest BCUT2D eigenvalue weighted by Gasteiger charge is -2.15. The standard InChI is InChI=1S/C16H16Cl2N2O4/c1-10(24-14-5-4-11(17)7-13(14)18)16(22)20-9-15(21)19-8-12-3-2-6-23-12/h2-7,10H,8-9H2,1H3,(H,19,21)(H,20,22). The summed E-state index contributed by atoms with van der Waals surface area (Å²) >= 11 is 11.8. The summed E-state index contributed by atoms with van der Waals surface area (Å²) in [4.78, 5) is 23.6. The summed E-state index contributed by atoms with van der Waals surface area (Å²) in [5.41, 5.74) is 0. The number of furan rings is 1. The molecule has 0 fully saturated rings. The number of halogens is 2. The van der Waals surface area contributed by atoms with Gasteiger partial charge < -0.3 is 19.8 Å². The topological polar surface area (TPSA) is 80.6 Å². The Balaban J connectivity index is 1.75. The number of benzene rings is 1. The van der Waals surface area contributed by atoms with Crippen LogP contribution in [-0.4, -0.2) is 24.5 Å². The third kappa shape index (κ3) is 5.47. The predicted octanol–water partition coefficient (Wildman–Crippen LogP) is 2.79. The van der Waals surface area contributed by atoms with E-state index in [1.54, 1.807) is 31.2 Å². The fourth-order valence-electron chi connectivity index (χ4n) is 1.79. The number of carbonyl (C=O) groups is 2. The van der Waals surface area contributed by atoms with Gasteiger partial charge in [0.15, 0.2) is 6.10 Å². The average Bonchev–Trinajstić information content (AvgIpc) is 3.06. The third-order valence-corrected chi connectivity index (χ3v) is 3.56. The summed E-state index contributed by atoms with van der Waals surface area (Å²) in [5, 5.41) is 5.88. The molecule has 0 saturated carbocycles. The van der Waals surface area contributed by atoms with Crippen molar-refractivity contribution in [3.63, 3.8) is 0 Å². The Bertz CT molecular complexity index is 704. The summed E-state index contributed by atoms with van der Waals surface area (Å²) in [6.45, 7) is 1.65. The highest BCUT2D eigenvalue weighted by Crippen LogP contribution is 2.28. The maximum absolute atomic E-state index is 12.0. The quantitative estimate of drug-likeness (QED) is 0.784. The van der Waals surface area contributed by atoms with Crippen LogP contribution < -0.4 is 15.4 Å². The molecule has 24 heavy (non-hydrogen) atoms. The molecular formula is C16H16Cl2N2O4. The Morgan fingerprint density at radius 1 is 1.25 bits per heavy atom. The smallest absolute Gasteiger partial charge is 0.261 e. The second kappa shape index (κ2) is 8.61. The van der Waals surface area contributed by atoms with Crippen LogP contribution >= 0.6 is 23.2 Å². The highest BCUT2D eigenvalue weighted by molar-refractivity contribution is 6.35. The zero-order valence-corrected chi connectivity index (χ0v) is 14.4. The summed E-state index contributed by atoms with van der Waals surface area (Å²) in [7, 11) is 0. The van der Waals surface area contributed by atoms with Crippen LogP contribution in [0.1, 0.15) is 12.7 Å². The van der Waals surface area contributed by atoms with E-state index in [2.05, 4.69) is 10.6 Å². The van der Waals surface area contributed by atoms with Gasteiger partial charge in [-0.3, -0.25) is 9.59 Å². The molecule has 1 aromatic heterocycles. The van der Waals surface area contributed by atoms with Crippen molar-refractivity contribution in [1.29, 1.82) is 0 Å². The van der Waals surface area contributed by atoms with Gasteiger partial charge in [-0.2, -0.15) is 0 Å². The number of hydrogen-bond acceptors (Lipinski definition) is 4. The number of ether oxygens (including phenoxy) is 1. The molecule has 1 aromatic carbocycles. The molecule has 0 radical (unpaired) electrons. The first kappa shape index (κ1) is 18.2. The fourth-order valence-corrected chi connectivity index (χ4v) is 2.24. The van der Waals surface area contributed by atoms with Crippen molar-refractivity contribution >= 4 is 35.0 Å². The van der Waals surface area contributed by atoms with Gasteiger partial charge in [0.1, 0.15) is 11.5 Å². The fraction of sp³-hybridized carbons (Fsp3) is 0.250. The van der Waals surface area contributed by atoms with E-state index in [1.165, 1.54) is 12.3 Å². The molecule has 1 heterocycles. The molecular weight excluding hydrogens is 355 g/mol. The number of carbonyl (C=O) groups excluding carboxylic acids is 2. The van der Waals surface area contributed by atoms with Crippen molar-refractivity contribution in [3.05, 3.63) is 52.4 Å². The highest BCUT2D eigenvalue weighted by Gasteiger charge is 2.17. The third-order valence-electron chi connectivity index (χ3n) is 3.03. The molecule has 0 aliphatic rings. The van der Waals surface area contributed by atoms with Crippen LogP contribution in [0.15, 0.2) is 41.0 Å². The molecule has 2 N–H and O–H groups in total. The van der Waals surface area contributed by atoms with Gasteiger partial charge in [0.05, 0.1) is 24.4 Å². The van der Waals surface area contributed by atoms with Crippen LogP contribution in [0, 0.1) is 0 Å². The maximum Gasteiger partial charge on any atom is 0.261 e. The first-order valence-corrected chi connectivity index (χ1v) is 7.90. The highest BCUT2D eigenvalue weighted by atomic mass is 35.5. The maximum atomic E-state index is 12.0. The number of nitrogens with one attached hydrogen (secondary N) is 2. The largest absolute Gasteiger partial charge is 0.479 e. The van der Waals surface area contributed by atoms with Gasteiger partial charge in [-0.15, -0.1) is 0 Å². The molecule has 2 aromatic rings. The molecule has 2 rings (SSSR count). The van der Waals surface area contributed by atoms with Crippen LogP contribution in [0.2, 0.25) is 10.0 Å². The van der Waals surface area contributed by atoms with Crippen LogP contribution in [0.3, 0.4) is 0 Å². The average molecular weight is 371 g/mol. The molecule has 8 heteroatoms. The van der Waals surface area contributed by atoms with Crippen molar-refractivity contribution in [2.75, 3.05) is 6.54 Å². The molecule has 0 saturated heterocycles. The van der Waals surface area contributed by atoms with E-state index < -0.39 is 12.0 Å². The van der Waals surface area contributed by atoms with Crippen molar-refractivity contribution in [1.82, 2.24) is 10.6 Å². The van der Waals surface area contributed by atoms with Gasteiger partial charge in [-0.25, -0.2) is 0 Å². The SMILES string of the molecule is CC(Oc1ccc(Cl)cc1Cl)C(=O)NCC(=O)NCc1ccco1. The zero-order valence-electron chi connectivity index (χ0n) is 12.8. The van der Waals surface area contributed by atoms with Crippen molar-refractivity contribution in [2.45, 2.75) is 19.6 Å². The van der Waals surface area contributed by atoms with Gasteiger partial charge in [0, 0.05) is 5.02 Å². The van der Waals surface area contributed by atoms with Gasteiger partial charge in [-0.05, 0) is 37.3 Å². The van der Waals surface area contributed by atoms with Gasteiger partial charge in [-0.1, -0.05) is 23.2 Å². The molecule has 6 nitrogen and oxygen atoms in total. The molecule has 128 valence electrons. The minimum absolute atomic E-state index is 0.165. The summed E-state index contributed by atoms with van der Waals surface area (Å²) in [6, 6.07) is 8.17. The Labute approximate surface area is 149 Å². The van der Waals surface area contributed by atoms with E-state index >= 15 is 0 Å². The molecule has 1 atom stereocenters. The summed E-state index contributed by atoms with van der Waals surface area (Å²) in [5.74, 6) is 0.195.